The first-order valence-electron chi connectivity index (χ1n) is 23.7. The summed E-state index contributed by atoms with van der Waals surface area (Å²) < 4.78 is 20.3. The predicted octanol–water partition coefficient (Wildman–Crippen LogP) is 15.8. The minimum absolute atomic E-state index is 0. The summed E-state index contributed by atoms with van der Waals surface area (Å²) in [5.74, 6) is 1.20. The van der Waals surface area contributed by atoms with Gasteiger partial charge in [-0.3, -0.25) is 9.18 Å². The van der Waals surface area contributed by atoms with Crippen molar-refractivity contribution in [3.05, 3.63) is 143 Å². The molecule has 2 heterocycles. The Morgan fingerprint density at radius 1 is 0.714 bits per heavy atom. The van der Waals surface area contributed by atoms with E-state index in [0.29, 0.717) is 18.5 Å². The van der Waals surface area contributed by atoms with Crippen LogP contribution < -0.4 is 0 Å². The number of pyridine rings is 2. The van der Waals surface area contributed by atoms with Crippen molar-refractivity contribution < 1.29 is 35.8 Å². The predicted molar refractivity (Wildman–Crippen MR) is 258 cm³/mol. The summed E-state index contributed by atoms with van der Waals surface area (Å²) in [7, 11) is 0. The number of ketones is 1. The van der Waals surface area contributed by atoms with Crippen LogP contribution in [0.1, 0.15) is 144 Å². The Morgan fingerprint density at radius 2 is 1.19 bits per heavy atom. The van der Waals surface area contributed by atoms with Crippen molar-refractivity contribution in [2.24, 2.45) is 11.8 Å². The molecule has 2 saturated carbocycles. The second kappa shape index (κ2) is 24.0. The largest absolute Gasteiger partial charge is 0.512 e. The molecule has 6 heteroatoms. The Bertz CT molecular complexity index is 2480. The summed E-state index contributed by atoms with van der Waals surface area (Å²) in [6.07, 6.45) is 16.8. The van der Waals surface area contributed by atoms with Crippen molar-refractivity contribution in [3.8, 4) is 22.5 Å². The number of aryl methyl sites for hydroxylation is 4. The van der Waals surface area contributed by atoms with Crippen LogP contribution in [-0.2, 0) is 24.9 Å². The number of carbonyl (C=O) groups is 1. The molecule has 0 amide bonds. The summed E-state index contributed by atoms with van der Waals surface area (Å²) in [5, 5.41) is 14.5. The molecule has 1 N–H and O–H groups in total. The Morgan fingerprint density at radius 3 is 1.65 bits per heavy atom. The van der Waals surface area contributed by atoms with Crippen molar-refractivity contribution in [2.45, 2.75) is 137 Å². The van der Waals surface area contributed by atoms with Gasteiger partial charge in [-0.25, -0.2) is 0 Å². The number of hydrogen-bond acceptors (Lipinski definition) is 4. The third kappa shape index (κ3) is 13.0. The molecule has 1 radical (unpaired) electrons. The van der Waals surface area contributed by atoms with Gasteiger partial charge in [0.05, 0.1) is 13.8 Å². The SMILES string of the molecule is CCC(CC)C(=O)/C=C(\O)C(CC)CCF.Cc1[c-]c(-c2nccc3cc(C4CCCC4)ccc23)cc(C)c1.[2H]c1cc2cc(C3CCCC3)ccc2c(-c2[c-]c(C)cc(C)c2)n1.[Ir]. The minimum Gasteiger partial charge on any atom is -0.512 e. The van der Waals surface area contributed by atoms with Gasteiger partial charge in [0.25, 0.3) is 0 Å². The van der Waals surface area contributed by atoms with E-state index in [1.54, 1.807) is 0 Å². The molecule has 335 valence electrons. The normalized spacial score (nSPS) is 15.1. The number of rotatable bonds is 12. The van der Waals surface area contributed by atoms with Crippen LogP contribution in [0.2, 0.25) is 0 Å². The third-order valence-corrected chi connectivity index (χ3v) is 13.0. The van der Waals surface area contributed by atoms with E-state index in [1.807, 2.05) is 33.0 Å². The first-order chi connectivity index (χ1) is 30.4. The molecule has 2 aliphatic rings. The summed E-state index contributed by atoms with van der Waals surface area (Å²) in [6, 6.07) is 33.1. The van der Waals surface area contributed by atoms with Gasteiger partial charge in [0.15, 0.2) is 5.78 Å². The van der Waals surface area contributed by atoms with Crippen molar-refractivity contribution in [2.75, 3.05) is 6.67 Å². The summed E-state index contributed by atoms with van der Waals surface area (Å²) in [6.45, 7) is 13.7. The zero-order valence-electron chi connectivity index (χ0n) is 39.5. The maximum Gasteiger partial charge on any atom is 0.162 e. The quantitative estimate of drug-likeness (QED) is 0.0754. The molecule has 4 aromatic carbocycles. The van der Waals surface area contributed by atoms with Gasteiger partial charge in [0.2, 0.25) is 0 Å². The molecule has 1 unspecified atom stereocenters. The maximum absolute atomic E-state index is 12.2. The molecule has 0 aliphatic heterocycles. The van der Waals surface area contributed by atoms with E-state index in [9.17, 15) is 14.3 Å². The third-order valence-electron chi connectivity index (χ3n) is 13.0. The van der Waals surface area contributed by atoms with Crippen molar-refractivity contribution >= 4 is 27.3 Å². The van der Waals surface area contributed by atoms with Crippen LogP contribution in [0.25, 0.3) is 44.1 Å². The van der Waals surface area contributed by atoms with Gasteiger partial charge < -0.3 is 15.1 Å². The van der Waals surface area contributed by atoms with E-state index in [-0.39, 0.29) is 49.9 Å². The number of benzene rings is 4. The Balaban J connectivity index is 0.000000184. The number of aliphatic hydroxyl groups is 1. The number of alkyl halides is 1. The zero-order valence-corrected chi connectivity index (χ0v) is 40.9. The van der Waals surface area contributed by atoms with Gasteiger partial charge in [-0.05, 0) is 119 Å². The number of nitrogens with zero attached hydrogens (tertiary/aromatic N) is 2. The van der Waals surface area contributed by atoms with Crippen LogP contribution in [0.4, 0.5) is 4.39 Å². The minimum atomic E-state index is -0.463. The van der Waals surface area contributed by atoms with Gasteiger partial charge in [0.1, 0.15) is 0 Å². The van der Waals surface area contributed by atoms with Crippen LogP contribution in [0, 0.1) is 51.7 Å². The van der Waals surface area contributed by atoms with E-state index in [2.05, 4.69) is 117 Å². The molecule has 6 aromatic rings. The second-order valence-electron chi connectivity index (χ2n) is 17.8. The summed E-state index contributed by atoms with van der Waals surface area (Å²) in [5.41, 5.74) is 11.7. The fourth-order valence-corrected chi connectivity index (χ4v) is 9.60. The average molecular weight is 1020 g/mol. The fourth-order valence-electron chi connectivity index (χ4n) is 9.60. The second-order valence-corrected chi connectivity index (χ2v) is 17.8. The van der Waals surface area contributed by atoms with E-state index < -0.39 is 6.67 Å². The molecular weight excluding hydrogens is 956 g/mol. The molecule has 8 rings (SSSR count). The molecular formula is C57H67FIrN2O2-2. The Hall–Kier alpha value is -4.51. The van der Waals surface area contributed by atoms with Gasteiger partial charge in [-0.2, -0.15) is 0 Å². The van der Waals surface area contributed by atoms with E-state index in [4.69, 9.17) is 1.37 Å². The topological polar surface area (TPSA) is 63.1 Å². The molecule has 0 spiro atoms. The van der Waals surface area contributed by atoms with Crippen molar-refractivity contribution in [3.63, 3.8) is 0 Å². The monoisotopic (exact) mass is 1020 g/mol. The van der Waals surface area contributed by atoms with Gasteiger partial charge >= 0.3 is 0 Å². The van der Waals surface area contributed by atoms with E-state index >= 15 is 0 Å². The standard InChI is InChI=1S/2C22H22N.C13H23FO2.Ir/c2*1-15-11-16(2)13-20(12-15)22-21-8-7-18(17-5-3-4-6-17)14-19(21)9-10-23-22;1-4-10(5-2)12(15)9-13(16)11(6-3)7-8-14;/h2*7-12,14,17H,3-6H2,1-2H3;9-11,16H,4-8H2,1-3H3;/q2*-1;;/b;;13-9-;/i10D;;;. The number of fused-ring (bicyclic) bond motifs is 2. The van der Waals surface area contributed by atoms with Crippen LogP contribution in [0.5, 0.6) is 0 Å². The molecule has 0 bridgehead atoms. The van der Waals surface area contributed by atoms with E-state index in [1.165, 1.54) is 96.0 Å². The zero-order chi connectivity index (χ0) is 45.0. The van der Waals surface area contributed by atoms with Gasteiger partial charge in [-0.15, -0.1) is 69.8 Å². The molecule has 2 aromatic heterocycles. The molecule has 4 nitrogen and oxygen atoms in total. The Kier molecular flexibility index (Phi) is 18.2. The van der Waals surface area contributed by atoms with Gasteiger partial charge in [-0.1, -0.05) is 111 Å². The van der Waals surface area contributed by atoms with Gasteiger partial charge in [0, 0.05) is 50.4 Å². The van der Waals surface area contributed by atoms with Crippen LogP contribution in [0.3, 0.4) is 0 Å². The number of aromatic nitrogens is 2. The molecule has 2 fully saturated rings. The first-order valence-corrected chi connectivity index (χ1v) is 23.2. The van der Waals surface area contributed by atoms with E-state index in [0.717, 1.165) is 57.6 Å². The number of aliphatic hydroxyl groups excluding tert-OH is 1. The van der Waals surface area contributed by atoms with Crippen molar-refractivity contribution in [1.82, 2.24) is 9.97 Å². The molecule has 63 heavy (non-hydrogen) atoms. The van der Waals surface area contributed by atoms with Crippen LogP contribution >= 0.6 is 0 Å². The summed E-state index contributed by atoms with van der Waals surface area (Å²) >= 11 is 0. The number of halogens is 1. The smallest absolute Gasteiger partial charge is 0.162 e. The average Bonchev–Trinajstić information content (AvgIpc) is 4.01. The molecule has 0 saturated heterocycles. The molecule has 2 aliphatic carbocycles. The number of hydrogen-bond donors (Lipinski definition) is 1. The maximum atomic E-state index is 12.2. The number of carbonyl (C=O) groups excluding carboxylic acids is 1. The first kappa shape index (κ1) is 48.0. The fraction of sp³-hybridized carbons (Fsp3) is 0.421. The summed E-state index contributed by atoms with van der Waals surface area (Å²) in [4.78, 5) is 20.9. The molecule has 1 atom stereocenters. The van der Waals surface area contributed by atoms with Crippen molar-refractivity contribution in [1.29, 1.82) is 0 Å². The van der Waals surface area contributed by atoms with Crippen LogP contribution in [0.15, 0.2) is 97.0 Å². The van der Waals surface area contributed by atoms with Crippen LogP contribution in [-0.4, -0.2) is 27.5 Å². The number of allylic oxidation sites excluding steroid dienone is 2. The Labute approximate surface area is 392 Å².